The first kappa shape index (κ1) is 24.7. The fourth-order valence-corrected chi connectivity index (χ4v) is 4.09. The monoisotopic (exact) mass is 506 g/mol. The van der Waals surface area contributed by atoms with Gasteiger partial charge >= 0.3 is 0 Å². The quantitative estimate of drug-likeness (QED) is 0.423. The predicted octanol–water partition coefficient (Wildman–Crippen LogP) is 5.38. The first-order chi connectivity index (χ1) is 15.9. The Balaban J connectivity index is 1.95. The second-order valence-corrected chi connectivity index (χ2v) is 9.26. The standard InChI is InChI=1S/C28H31BrN2O2/c1-4-30-28(33)26(17-22-8-6-5-7-9-22)31(19-23-12-14-25(29)15-13-23)27(32)18-24-11-10-20(2)21(3)16-24/h5-16,26H,4,17-19H2,1-3H3,(H,30,33). The summed E-state index contributed by atoms with van der Waals surface area (Å²) in [5, 5.41) is 2.94. The second-order valence-electron chi connectivity index (χ2n) is 8.34. The van der Waals surface area contributed by atoms with Crippen LogP contribution in [0.1, 0.15) is 34.7 Å². The Kier molecular flexibility index (Phi) is 8.84. The van der Waals surface area contributed by atoms with Gasteiger partial charge in [-0.15, -0.1) is 0 Å². The van der Waals surface area contributed by atoms with E-state index in [2.05, 4.69) is 41.2 Å². The van der Waals surface area contributed by atoms with E-state index >= 15 is 0 Å². The Bertz CT molecular complexity index is 1080. The average Bonchev–Trinajstić information content (AvgIpc) is 2.80. The van der Waals surface area contributed by atoms with Crippen LogP contribution in [0, 0.1) is 13.8 Å². The minimum atomic E-state index is -0.602. The molecule has 0 aliphatic heterocycles. The van der Waals surface area contributed by atoms with Gasteiger partial charge in [-0.1, -0.05) is 76.6 Å². The molecule has 5 heteroatoms. The number of nitrogens with one attached hydrogen (secondary N) is 1. The Hall–Kier alpha value is -2.92. The number of rotatable bonds is 9. The molecule has 0 saturated carbocycles. The normalized spacial score (nSPS) is 11.6. The molecular weight excluding hydrogens is 476 g/mol. The highest BCUT2D eigenvalue weighted by Gasteiger charge is 2.30. The van der Waals surface area contributed by atoms with Gasteiger partial charge in [-0.3, -0.25) is 9.59 Å². The molecule has 0 radical (unpaired) electrons. The van der Waals surface area contributed by atoms with Gasteiger partial charge in [0.25, 0.3) is 0 Å². The number of carbonyl (C=O) groups excluding carboxylic acids is 2. The summed E-state index contributed by atoms with van der Waals surface area (Å²) in [6, 6.07) is 23.2. The third-order valence-electron chi connectivity index (χ3n) is 5.81. The van der Waals surface area contributed by atoms with Crippen LogP contribution in [-0.2, 0) is 29.0 Å². The summed E-state index contributed by atoms with van der Waals surface area (Å²) in [7, 11) is 0. The molecule has 1 N–H and O–H groups in total. The topological polar surface area (TPSA) is 49.4 Å². The van der Waals surface area contributed by atoms with Gasteiger partial charge in [0.05, 0.1) is 6.42 Å². The first-order valence-electron chi connectivity index (χ1n) is 11.3. The highest BCUT2D eigenvalue weighted by atomic mass is 79.9. The van der Waals surface area contributed by atoms with E-state index in [1.165, 1.54) is 5.56 Å². The van der Waals surface area contributed by atoms with Gasteiger partial charge in [0.15, 0.2) is 0 Å². The van der Waals surface area contributed by atoms with Gasteiger partial charge in [0.2, 0.25) is 11.8 Å². The molecule has 0 fully saturated rings. The molecular formula is C28H31BrN2O2. The van der Waals surface area contributed by atoms with Crippen LogP contribution in [0.3, 0.4) is 0 Å². The largest absolute Gasteiger partial charge is 0.355 e. The van der Waals surface area contributed by atoms with Gasteiger partial charge < -0.3 is 10.2 Å². The molecule has 3 aromatic carbocycles. The maximum atomic E-state index is 13.7. The Morgan fingerprint density at radius 2 is 1.55 bits per heavy atom. The lowest BCUT2D eigenvalue weighted by Crippen LogP contribution is -2.50. The van der Waals surface area contributed by atoms with E-state index in [0.29, 0.717) is 19.5 Å². The summed E-state index contributed by atoms with van der Waals surface area (Å²) in [5.74, 6) is -0.194. The molecule has 0 saturated heterocycles. The van der Waals surface area contributed by atoms with Gasteiger partial charge in [-0.05, 0) is 60.7 Å². The molecule has 2 amide bonds. The molecule has 3 aromatic rings. The van der Waals surface area contributed by atoms with Crippen molar-refractivity contribution in [2.75, 3.05) is 6.54 Å². The Morgan fingerprint density at radius 1 is 0.879 bits per heavy atom. The van der Waals surface area contributed by atoms with Crippen LogP contribution in [-0.4, -0.2) is 29.3 Å². The SMILES string of the molecule is CCNC(=O)C(Cc1ccccc1)N(Cc1ccc(Br)cc1)C(=O)Cc1ccc(C)c(C)c1. The van der Waals surface area contributed by atoms with Gasteiger partial charge in [-0.25, -0.2) is 0 Å². The number of hydrogen-bond donors (Lipinski definition) is 1. The van der Waals surface area contributed by atoms with Crippen molar-refractivity contribution >= 4 is 27.7 Å². The highest BCUT2D eigenvalue weighted by molar-refractivity contribution is 9.10. The summed E-state index contributed by atoms with van der Waals surface area (Å²) in [6.45, 7) is 6.89. The lowest BCUT2D eigenvalue weighted by molar-refractivity contribution is -0.140. The molecule has 33 heavy (non-hydrogen) atoms. The third kappa shape index (κ3) is 7.03. The molecule has 172 valence electrons. The van der Waals surface area contributed by atoms with E-state index < -0.39 is 6.04 Å². The minimum Gasteiger partial charge on any atom is -0.355 e. The predicted molar refractivity (Wildman–Crippen MR) is 137 cm³/mol. The number of benzene rings is 3. The molecule has 1 atom stereocenters. The van der Waals surface area contributed by atoms with Gasteiger partial charge in [0.1, 0.15) is 6.04 Å². The molecule has 0 bridgehead atoms. The Morgan fingerprint density at radius 3 is 2.18 bits per heavy atom. The highest BCUT2D eigenvalue weighted by Crippen LogP contribution is 2.19. The van der Waals surface area contributed by atoms with Gasteiger partial charge in [-0.2, -0.15) is 0 Å². The first-order valence-corrected chi connectivity index (χ1v) is 12.1. The second kappa shape index (κ2) is 11.8. The van der Waals surface area contributed by atoms with Crippen molar-refractivity contribution in [1.82, 2.24) is 10.2 Å². The zero-order chi connectivity index (χ0) is 23.8. The van der Waals surface area contributed by atoms with Crippen molar-refractivity contribution < 1.29 is 9.59 Å². The van der Waals surface area contributed by atoms with E-state index in [1.807, 2.05) is 73.7 Å². The zero-order valence-corrected chi connectivity index (χ0v) is 21.1. The number of carbonyl (C=O) groups is 2. The van der Waals surface area contributed by atoms with E-state index in [9.17, 15) is 9.59 Å². The number of hydrogen-bond acceptors (Lipinski definition) is 2. The van der Waals surface area contributed by atoms with Crippen LogP contribution in [0.5, 0.6) is 0 Å². The van der Waals surface area contributed by atoms with Gasteiger partial charge in [0, 0.05) is 24.0 Å². The molecule has 1 unspecified atom stereocenters. The fourth-order valence-electron chi connectivity index (χ4n) is 3.82. The summed E-state index contributed by atoms with van der Waals surface area (Å²) >= 11 is 3.47. The number of nitrogens with zero attached hydrogens (tertiary/aromatic N) is 1. The molecule has 4 nitrogen and oxygen atoms in total. The molecule has 0 aliphatic rings. The van der Waals surface area contributed by atoms with Crippen molar-refractivity contribution in [3.8, 4) is 0 Å². The number of amides is 2. The summed E-state index contributed by atoms with van der Waals surface area (Å²) < 4.78 is 0.976. The number of halogens is 1. The lowest BCUT2D eigenvalue weighted by Gasteiger charge is -2.31. The zero-order valence-electron chi connectivity index (χ0n) is 19.5. The van der Waals surface area contributed by atoms with Crippen LogP contribution in [0.15, 0.2) is 77.3 Å². The van der Waals surface area contributed by atoms with E-state index in [0.717, 1.165) is 26.7 Å². The van der Waals surface area contributed by atoms with Crippen molar-refractivity contribution in [2.45, 2.75) is 46.2 Å². The molecule has 0 aromatic heterocycles. The smallest absolute Gasteiger partial charge is 0.243 e. The summed E-state index contributed by atoms with van der Waals surface area (Å²) in [5.41, 5.74) is 5.31. The maximum absolute atomic E-state index is 13.7. The summed E-state index contributed by atoms with van der Waals surface area (Å²) in [6.07, 6.45) is 0.713. The number of aryl methyl sites for hydroxylation is 2. The van der Waals surface area contributed by atoms with Crippen LogP contribution < -0.4 is 5.32 Å². The molecule has 0 heterocycles. The Labute approximate surface area is 205 Å². The lowest BCUT2D eigenvalue weighted by atomic mass is 10.00. The third-order valence-corrected chi connectivity index (χ3v) is 6.34. The molecule has 0 aliphatic carbocycles. The van der Waals surface area contributed by atoms with Crippen molar-refractivity contribution in [2.24, 2.45) is 0 Å². The van der Waals surface area contributed by atoms with Crippen LogP contribution >= 0.6 is 15.9 Å². The molecule has 0 spiro atoms. The average molecular weight is 507 g/mol. The van der Waals surface area contributed by atoms with Crippen LogP contribution in [0.4, 0.5) is 0 Å². The van der Waals surface area contributed by atoms with E-state index in [-0.39, 0.29) is 18.2 Å². The van der Waals surface area contributed by atoms with Crippen molar-refractivity contribution in [3.05, 3.63) is 105 Å². The van der Waals surface area contributed by atoms with E-state index in [1.54, 1.807) is 4.90 Å². The fraction of sp³-hybridized carbons (Fsp3) is 0.286. The summed E-state index contributed by atoms with van der Waals surface area (Å²) in [4.78, 5) is 28.6. The van der Waals surface area contributed by atoms with Crippen molar-refractivity contribution in [3.63, 3.8) is 0 Å². The molecule has 3 rings (SSSR count). The number of likely N-dealkylation sites (N-methyl/N-ethyl adjacent to an activating group) is 1. The van der Waals surface area contributed by atoms with Crippen molar-refractivity contribution in [1.29, 1.82) is 0 Å². The van der Waals surface area contributed by atoms with Crippen LogP contribution in [0.25, 0.3) is 0 Å². The van der Waals surface area contributed by atoms with Crippen LogP contribution in [0.2, 0.25) is 0 Å². The maximum Gasteiger partial charge on any atom is 0.243 e. The minimum absolute atomic E-state index is 0.0617. The van der Waals surface area contributed by atoms with E-state index in [4.69, 9.17) is 0 Å².